The molecule has 1 aromatic heterocycles. The van der Waals surface area contributed by atoms with Crippen molar-refractivity contribution in [3.8, 4) is 0 Å². The summed E-state index contributed by atoms with van der Waals surface area (Å²) in [4.78, 5) is 6.83. The van der Waals surface area contributed by atoms with Crippen molar-refractivity contribution in [2.45, 2.75) is 40.2 Å². The molecule has 0 aliphatic heterocycles. The monoisotopic (exact) mass is 330 g/mol. The first kappa shape index (κ1) is 17.6. The molecule has 0 amide bonds. The van der Waals surface area contributed by atoms with E-state index in [2.05, 4.69) is 58.5 Å². The highest BCUT2D eigenvalue weighted by atomic mass is 32.1. The van der Waals surface area contributed by atoms with Crippen LogP contribution in [0.3, 0.4) is 0 Å². The maximum Gasteiger partial charge on any atom is 0.203 e. The van der Waals surface area contributed by atoms with Crippen LogP contribution >= 0.6 is 11.3 Å². The fourth-order valence-corrected chi connectivity index (χ4v) is 3.14. The lowest BCUT2D eigenvalue weighted by Gasteiger charge is -2.21. The molecule has 0 unspecified atom stereocenters. The Labute approximate surface area is 143 Å². The predicted molar refractivity (Wildman–Crippen MR) is 100 cm³/mol. The third-order valence-corrected chi connectivity index (χ3v) is 4.29. The van der Waals surface area contributed by atoms with Crippen molar-refractivity contribution in [3.05, 3.63) is 46.5 Å². The van der Waals surface area contributed by atoms with Gasteiger partial charge in [0, 0.05) is 11.9 Å². The number of nitrogens with zero attached hydrogens (tertiary/aromatic N) is 3. The molecule has 0 radical (unpaired) electrons. The van der Waals surface area contributed by atoms with Crippen LogP contribution in [0.2, 0.25) is 0 Å². The van der Waals surface area contributed by atoms with Crippen LogP contribution in [-0.2, 0) is 6.54 Å². The molecule has 1 aromatic carbocycles. The van der Waals surface area contributed by atoms with Crippen LogP contribution in [-0.4, -0.2) is 29.2 Å². The first-order valence-electron chi connectivity index (χ1n) is 8.23. The molecule has 124 valence electrons. The molecular formula is C18H26N4S. The van der Waals surface area contributed by atoms with Crippen LogP contribution in [0, 0.1) is 6.92 Å². The Bertz CT molecular complexity index is 615. The lowest BCUT2D eigenvalue weighted by Crippen LogP contribution is -2.24. The molecule has 2 aromatic rings. The molecule has 0 spiro atoms. The number of aryl methyl sites for hydroxylation is 1. The Balaban J connectivity index is 1.95. The second-order valence-electron chi connectivity index (χ2n) is 5.69. The van der Waals surface area contributed by atoms with E-state index in [0.29, 0.717) is 0 Å². The van der Waals surface area contributed by atoms with Crippen molar-refractivity contribution in [2.75, 3.05) is 18.5 Å². The number of hydrogen-bond donors (Lipinski definition) is 1. The summed E-state index contributed by atoms with van der Waals surface area (Å²) in [6, 6.07) is 8.57. The zero-order valence-corrected chi connectivity index (χ0v) is 15.1. The largest absolute Gasteiger partial charge is 0.299 e. The van der Waals surface area contributed by atoms with Crippen LogP contribution in [0.5, 0.6) is 0 Å². The third kappa shape index (κ3) is 6.12. The summed E-state index contributed by atoms with van der Waals surface area (Å²) in [5.41, 5.74) is 6.44. The Morgan fingerprint density at radius 1 is 1.26 bits per heavy atom. The third-order valence-electron chi connectivity index (χ3n) is 3.43. The smallest absolute Gasteiger partial charge is 0.203 e. The van der Waals surface area contributed by atoms with Gasteiger partial charge >= 0.3 is 0 Å². The summed E-state index contributed by atoms with van der Waals surface area (Å²) < 4.78 is 0. The maximum absolute atomic E-state index is 4.33. The van der Waals surface area contributed by atoms with E-state index in [1.807, 2.05) is 18.5 Å². The molecule has 0 atom stereocenters. The fourth-order valence-electron chi connectivity index (χ4n) is 2.50. The van der Waals surface area contributed by atoms with Gasteiger partial charge < -0.3 is 0 Å². The zero-order chi connectivity index (χ0) is 16.5. The zero-order valence-electron chi connectivity index (χ0n) is 14.2. The van der Waals surface area contributed by atoms with Gasteiger partial charge in [-0.3, -0.25) is 10.3 Å². The minimum Gasteiger partial charge on any atom is -0.299 e. The number of nitrogens with one attached hydrogen (secondary N) is 1. The Morgan fingerprint density at radius 3 is 2.70 bits per heavy atom. The van der Waals surface area contributed by atoms with Crippen LogP contribution in [0.15, 0.2) is 34.7 Å². The molecule has 0 saturated carbocycles. The standard InChI is InChI=1S/C18H26N4S/c1-4-9-22(10-5-2)13-17-8-6-7-16(11-17)12-19-21-18-20-15(3)14-23-18/h6-8,11-12,14H,4-5,9-10,13H2,1-3H3,(H,20,21). The van der Waals surface area contributed by atoms with Gasteiger partial charge in [0.1, 0.15) is 0 Å². The van der Waals surface area contributed by atoms with Gasteiger partial charge in [0.05, 0.1) is 11.9 Å². The van der Waals surface area contributed by atoms with Gasteiger partial charge in [0.15, 0.2) is 0 Å². The highest BCUT2D eigenvalue weighted by Gasteiger charge is 2.04. The summed E-state index contributed by atoms with van der Waals surface area (Å²) in [7, 11) is 0. The Morgan fingerprint density at radius 2 is 2.04 bits per heavy atom. The second-order valence-corrected chi connectivity index (χ2v) is 6.54. The Hall–Kier alpha value is -1.72. The first-order chi connectivity index (χ1) is 11.2. The van der Waals surface area contributed by atoms with Gasteiger partial charge in [-0.05, 0) is 50.0 Å². The number of anilines is 1. The van der Waals surface area contributed by atoms with E-state index in [4.69, 9.17) is 0 Å². The highest BCUT2D eigenvalue weighted by molar-refractivity contribution is 7.13. The van der Waals surface area contributed by atoms with Gasteiger partial charge in [0.2, 0.25) is 5.13 Å². The van der Waals surface area contributed by atoms with Gasteiger partial charge in [-0.15, -0.1) is 11.3 Å². The van der Waals surface area contributed by atoms with Crippen LogP contribution in [0.4, 0.5) is 5.13 Å². The maximum atomic E-state index is 4.33. The van der Waals surface area contributed by atoms with E-state index < -0.39 is 0 Å². The summed E-state index contributed by atoms with van der Waals surface area (Å²) >= 11 is 1.56. The minimum absolute atomic E-state index is 0.826. The molecule has 0 aliphatic carbocycles. The summed E-state index contributed by atoms with van der Waals surface area (Å²) in [5.74, 6) is 0. The average molecular weight is 331 g/mol. The van der Waals surface area contributed by atoms with E-state index in [1.165, 1.54) is 18.4 Å². The molecule has 0 fully saturated rings. The number of benzene rings is 1. The van der Waals surface area contributed by atoms with Gasteiger partial charge in [0.25, 0.3) is 0 Å². The molecule has 0 saturated heterocycles. The van der Waals surface area contributed by atoms with E-state index in [-0.39, 0.29) is 0 Å². The summed E-state index contributed by atoms with van der Waals surface area (Å²) in [6.45, 7) is 9.75. The van der Waals surface area contributed by atoms with E-state index in [1.54, 1.807) is 11.3 Å². The lowest BCUT2D eigenvalue weighted by molar-refractivity contribution is 0.266. The number of aromatic nitrogens is 1. The number of hydrazone groups is 1. The molecule has 0 bridgehead atoms. The van der Waals surface area contributed by atoms with Gasteiger partial charge in [-0.1, -0.05) is 32.0 Å². The van der Waals surface area contributed by atoms with Crippen LogP contribution < -0.4 is 5.43 Å². The van der Waals surface area contributed by atoms with Crippen molar-refractivity contribution < 1.29 is 0 Å². The molecular weight excluding hydrogens is 304 g/mol. The quantitative estimate of drug-likeness (QED) is 0.543. The van der Waals surface area contributed by atoms with Crippen LogP contribution in [0.1, 0.15) is 43.5 Å². The molecule has 0 aliphatic rings. The molecule has 1 N–H and O–H groups in total. The summed E-state index contributed by atoms with van der Waals surface area (Å²) in [5, 5.41) is 7.11. The van der Waals surface area contributed by atoms with E-state index >= 15 is 0 Å². The normalized spacial score (nSPS) is 11.5. The molecule has 23 heavy (non-hydrogen) atoms. The summed E-state index contributed by atoms with van der Waals surface area (Å²) in [6.07, 6.45) is 4.24. The molecule has 1 heterocycles. The second kappa shape index (κ2) is 9.43. The van der Waals surface area contributed by atoms with Gasteiger partial charge in [-0.25, -0.2) is 4.98 Å². The number of thiazole rings is 1. The van der Waals surface area contributed by atoms with Crippen molar-refractivity contribution in [1.82, 2.24) is 9.88 Å². The predicted octanol–water partition coefficient (Wildman–Crippen LogP) is 4.52. The Kier molecular flexibility index (Phi) is 7.23. The van der Waals surface area contributed by atoms with E-state index in [0.717, 1.165) is 36.0 Å². The van der Waals surface area contributed by atoms with Crippen molar-refractivity contribution in [3.63, 3.8) is 0 Å². The van der Waals surface area contributed by atoms with E-state index in [9.17, 15) is 0 Å². The van der Waals surface area contributed by atoms with Crippen molar-refractivity contribution >= 4 is 22.7 Å². The minimum atomic E-state index is 0.826. The molecule has 5 heteroatoms. The number of hydrogen-bond acceptors (Lipinski definition) is 5. The van der Waals surface area contributed by atoms with Crippen molar-refractivity contribution in [1.29, 1.82) is 0 Å². The fraction of sp³-hybridized carbons (Fsp3) is 0.444. The van der Waals surface area contributed by atoms with Crippen LogP contribution in [0.25, 0.3) is 0 Å². The first-order valence-corrected chi connectivity index (χ1v) is 9.11. The highest BCUT2D eigenvalue weighted by Crippen LogP contribution is 2.14. The SMILES string of the molecule is CCCN(CCC)Cc1cccc(C=NNc2nc(C)cs2)c1. The van der Waals surface area contributed by atoms with Crippen molar-refractivity contribution in [2.24, 2.45) is 5.10 Å². The van der Waals surface area contributed by atoms with Gasteiger partial charge in [-0.2, -0.15) is 5.10 Å². The number of rotatable bonds is 9. The lowest BCUT2D eigenvalue weighted by atomic mass is 10.1. The average Bonchev–Trinajstić information content (AvgIpc) is 2.94. The molecule has 2 rings (SSSR count). The molecule has 4 nitrogen and oxygen atoms in total. The topological polar surface area (TPSA) is 40.5 Å².